The zero-order chi connectivity index (χ0) is 34.2. The lowest BCUT2D eigenvalue weighted by Gasteiger charge is -2.22. The monoisotopic (exact) mass is 662 g/mol. The molecule has 0 unspecified atom stereocenters. The van der Waals surface area contributed by atoms with E-state index in [1.165, 1.54) is 54.9 Å². The molecule has 0 spiro atoms. The molecule has 0 bridgehead atoms. The van der Waals surface area contributed by atoms with Gasteiger partial charge in [0.15, 0.2) is 0 Å². The fourth-order valence-electron chi connectivity index (χ4n) is 8.45. The van der Waals surface area contributed by atoms with Crippen LogP contribution in [0.2, 0.25) is 0 Å². The maximum atomic E-state index is 6.68. The molecule has 2 nitrogen and oxygen atoms in total. The summed E-state index contributed by atoms with van der Waals surface area (Å²) in [7, 11) is 0. The smallest absolute Gasteiger partial charge is 0.143 e. The summed E-state index contributed by atoms with van der Waals surface area (Å²) in [4.78, 5) is 0. The summed E-state index contributed by atoms with van der Waals surface area (Å²) in [6.45, 7) is 0. The molecule has 242 valence electrons. The fourth-order valence-corrected chi connectivity index (χ4v) is 8.45. The first kappa shape index (κ1) is 28.9. The molecule has 0 amide bonds. The summed E-state index contributed by atoms with van der Waals surface area (Å²) in [6.07, 6.45) is 0. The molecular weight excluding hydrogens is 633 g/mol. The highest BCUT2D eigenvalue weighted by Crippen LogP contribution is 2.50. The Morgan fingerprint density at radius 2 is 0.750 bits per heavy atom. The highest BCUT2D eigenvalue weighted by molar-refractivity contribution is 6.25. The molecule has 2 aromatic heterocycles. The van der Waals surface area contributed by atoms with E-state index in [2.05, 4.69) is 164 Å². The van der Waals surface area contributed by atoms with E-state index in [9.17, 15) is 0 Å². The van der Waals surface area contributed by atoms with Crippen molar-refractivity contribution in [1.82, 2.24) is 0 Å². The van der Waals surface area contributed by atoms with Gasteiger partial charge in [-0.2, -0.15) is 0 Å². The molecule has 0 atom stereocenters. The molecule has 11 rings (SSSR count). The van der Waals surface area contributed by atoms with E-state index in [0.29, 0.717) is 0 Å². The minimum Gasteiger partial charge on any atom is -0.456 e. The summed E-state index contributed by atoms with van der Waals surface area (Å²) in [5.41, 5.74) is 13.0. The first-order valence-corrected chi connectivity index (χ1v) is 17.8. The third kappa shape index (κ3) is 4.25. The second-order valence-electron chi connectivity index (χ2n) is 13.5. The van der Waals surface area contributed by atoms with Gasteiger partial charge < -0.3 is 8.83 Å². The van der Waals surface area contributed by atoms with Crippen molar-refractivity contribution in [3.05, 3.63) is 182 Å². The Morgan fingerprint density at radius 1 is 0.250 bits per heavy atom. The molecule has 0 aliphatic carbocycles. The standard InChI is InChI=1S/C50H30O2/c1-2-14-31(15-3-1)33-22-12-23-40(42-25-13-24-41-34-16-8-11-27-45(34)52-50(41)42)48(33)49-38-20-6-4-18-36(38)47(37-19-5-7-21-39(37)49)32-28-29-46-43(30-32)35-17-9-10-26-44(35)51-46/h1-30H. The molecule has 0 saturated carbocycles. The Labute approximate surface area is 299 Å². The third-order valence-corrected chi connectivity index (χ3v) is 10.7. The molecule has 0 N–H and O–H groups in total. The maximum Gasteiger partial charge on any atom is 0.143 e. The van der Waals surface area contributed by atoms with Crippen molar-refractivity contribution in [2.75, 3.05) is 0 Å². The zero-order valence-electron chi connectivity index (χ0n) is 28.1. The van der Waals surface area contributed by atoms with Gasteiger partial charge in [0, 0.05) is 27.1 Å². The molecule has 0 fully saturated rings. The van der Waals surface area contributed by atoms with Crippen molar-refractivity contribution in [2.45, 2.75) is 0 Å². The molecule has 9 aromatic carbocycles. The van der Waals surface area contributed by atoms with Crippen LogP contribution in [0.25, 0.3) is 110 Å². The van der Waals surface area contributed by atoms with Gasteiger partial charge in [0.25, 0.3) is 0 Å². The Kier molecular flexibility index (Phi) is 6.28. The van der Waals surface area contributed by atoms with Crippen LogP contribution in [0, 0.1) is 0 Å². The average molecular weight is 663 g/mol. The van der Waals surface area contributed by atoms with E-state index in [1.54, 1.807) is 0 Å². The summed E-state index contributed by atoms with van der Waals surface area (Å²) < 4.78 is 12.9. The van der Waals surface area contributed by atoms with Gasteiger partial charge in [-0.1, -0.05) is 158 Å². The van der Waals surface area contributed by atoms with Crippen LogP contribution in [0.4, 0.5) is 0 Å². The topological polar surface area (TPSA) is 26.3 Å². The van der Waals surface area contributed by atoms with Crippen LogP contribution in [0.5, 0.6) is 0 Å². The lowest BCUT2D eigenvalue weighted by molar-refractivity contribution is 0.669. The van der Waals surface area contributed by atoms with Crippen LogP contribution < -0.4 is 0 Å². The molecule has 2 heteroatoms. The van der Waals surface area contributed by atoms with Gasteiger partial charge in [0.05, 0.1) is 0 Å². The van der Waals surface area contributed by atoms with Crippen molar-refractivity contribution in [2.24, 2.45) is 0 Å². The Bertz CT molecular complexity index is 3120. The Hall–Kier alpha value is -6.90. The predicted octanol–water partition coefficient (Wildman–Crippen LogP) is 14.5. The number of fused-ring (bicyclic) bond motifs is 8. The molecule has 0 saturated heterocycles. The van der Waals surface area contributed by atoms with Gasteiger partial charge in [0.1, 0.15) is 22.3 Å². The highest BCUT2D eigenvalue weighted by Gasteiger charge is 2.24. The normalized spacial score (nSPS) is 11.8. The van der Waals surface area contributed by atoms with Gasteiger partial charge in [-0.05, 0) is 84.8 Å². The van der Waals surface area contributed by atoms with Gasteiger partial charge in [-0.3, -0.25) is 0 Å². The van der Waals surface area contributed by atoms with E-state index in [4.69, 9.17) is 8.83 Å². The van der Waals surface area contributed by atoms with Crippen LogP contribution in [0.3, 0.4) is 0 Å². The quantitative estimate of drug-likeness (QED) is 0.175. The van der Waals surface area contributed by atoms with Gasteiger partial charge in [-0.25, -0.2) is 0 Å². The van der Waals surface area contributed by atoms with Gasteiger partial charge in [-0.15, -0.1) is 0 Å². The van der Waals surface area contributed by atoms with E-state index in [0.717, 1.165) is 55.0 Å². The summed E-state index contributed by atoms with van der Waals surface area (Å²) >= 11 is 0. The minimum atomic E-state index is 0.897. The van der Waals surface area contributed by atoms with Gasteiger partial charge >= 0.3 is 0 Å². The number of rotatable bonds is 4. The molecule has 0 radical (unpaired) electrons. The number of hydrogen-bond donors (Lipinski definition) is 0. The lowest BCUT2D eigenvalue weighted by Crippen LogP contribution is -1.95. The molecular formula is C50H30O2. The average Bonchev–Trinajstić information content (AvgIpc) is 3.78. The Morgan fingerprint density at radius 3 is 1.46 bits per heavy atom. The van der Waals surface area contributed by atoms with Crippen LogP contribution >= 0.6 is 0 Å². The first-order chi connectivity index (χ1) is 25.8. The largest absolute Gasteiger partial charge is 0.456 e. The first-order valence-electron chi connectivity index (χ1n) is 17.8. The van der Waals surface area contributed by atoms with Crippen LogP contribution in [0.15, 0.2) is 191 Å². The van der Waals surface area contributed by atoms with Crippen LogP contribution in [-0.2, 0) is 0 Å². The predicted molar refractivity (Wildman–Crippen MR) is 218 cm³/mol. The number of hydrogen-bond acceptors (Lipinski definition) is 2. The molecule has 11 aromatic rings. The van der Waals surface area contributed by atoms with Crippen molar-refractivity contribution in [3.8, 4) is 44.5 Å². The second kappa shape index (κ2) is 11.3. The van der Waals surface area contributed by atoms with Gasteiger partial charge in [0.2, 0.25) is 0 Å². The van der Waals surface area contributed by atoms with Crippen molar-refractivity contribution < 1.29 is 8.83 Å². The van der Waals surface area contributed by atoms with Crippen molar-refractivity contribution >= 4 is 65.4 Å². The molecule has 0 aliphatic heterocycles. The maximum absolute atomic E-state index is 6.68. The summed E-state index contributed by atoms with van der Waals surface area (Å²) in [6, 6.07) is 65.1. The van der Waals surface area contributed by atoms with Crippen LogP contribution in [0.1, 0.15) is 0 Å². The van der Waals surface area contributed by atoms with E-state index in [1.807, 2.05) is 18.2 Å². The van der Waals surface area contributed by atoms with E-state index >= 15 is 0 Å². The molecule has 2 heterocycles. The zero-order valence-corrected chi connectivity index (χ0v) is 28.1. The minimum absolute atomic E-state index is 0.897. The number of para-hydroxylation sites is 3. The van der Waals surface area contributed by atoms with Crippen molar-refractivity contribution in [3.63, 3.8) is 0 Å². The van der Waals surface area contributed by atoms with Crippen molar-refractivity contribution in [1.29, 1.82) is 0 Å². The number of benzene rings is 9. The Balaban J connectivity index is 1.28. The molecule has 0 aliphatic rings. The summed E-state index contributed by atoms with van der Waals surface area (Å²) in [5.74, 6) is 0. The van der Waals surface area contributed by atoms with Crippen LogP contribution in [-0.4, -0.2) is 0 Å². The fraction of sp³-hybridized carbons (Fsp3) is 0. The molecule has 52 heavy (non-hydrogen) atoms. The lowest BCUT2D eigenvalue weighted by atomic mass is 9.80. The SMILES string of the molecule is c1ccc(-c2cccc(-c3cccc4c3oc3ccccc34)c2-c2c3ccccc3c(-c3ccc4oc5ccccc5c4c3)c3ccccc23)cc1. The number of furan rings is 2. The second-order valence-corrected chi connectivity index (χ2v) is 13.5. The van der Waals surface area contributed by atoms with E-state index in [-0.39, 0.29) is 0 Å². The third-order valence-electron chi connectivity index (χ3n) is 10.7. The van der Waals surface area contributed by atoms with E-state index < -0.39 is 0 Å². The highest BCUT2D eigenvalue weighted by atomic mass is 16.3. The summed E-state index contributed by atoms with van der Waals surface area (Å²) in [5, 5.41) is 9.33.